The lowest BCUT2D eigenvalue weighted by Gasteiger charge is -2.17. The second kappa shape index (κ2) is 8.74. The minimum atomic E-state index is -0.307. The number of nitrogens with one attached hydrogen (secondary N) is 2. The topological polar surface area (TPSA) is 57.8 Å². The molecule has 0 spiro atoms. The van der Waals surface area contributed by atoms with E-state index in [1.807, 2.05) is 37.3 Å². The first-order valence-corrected chi connectivity index (χ1v) is 10.8. The van der Waals surface area contributed by atoms with Gasteiger partial charge in [-0.3, -0.25) is 4.79 Å². The third-order valence-corrected chi connectivity index (χ3v) is 6.12. The molecule has 0 saturated heterocycles. The molecule has 0 bridgehead atoms. The number of nitrogens with zero attached hydrogens (tertiary/aromatic N) is 1. The van der Waals surface area contributed by atoms with E-state index in [2.05, 4.69) is 36.3 Å². The van der Waals surface area contributed by atoms with Crippen LogP contribution in [0.2, 0.25) is 10.0 Å². The molecular formula is C25H23Cl2N3O. The first-order chi connectivity index (χ1) is 14.8. The largest absolute Gasteiger partial charge is 0.351 e. The zero-order valence-corrected chi connectivity index (χ0v) is 19.1. The van der Waals surface area contributed by atoms with Crippen LogP contribution in [0.4, 0.5) is 0 Å². The van der Waals surface area contributed by atoms with Gasteiger partial charge in [0.25, 0.3) is 5.91 Å². The third-order valence-electron chi connectivity index (χ3n) is 5.53. The minimum Gasteiger partial charge on any atom is -0.351 e. The van der Waals surface area contributed by atoms with Crippen LogP contribution in [0.25, 0.3) is 11.0 Å². The van der Waals surface area contributed by atoms with E-state index in [9.17, 15) is 4.79 Å². The summed E-state index contributed by atoms with van der Waals surface area (Å²) in [6, 6.07) is 17.7. The van der Waals surface area contributed by atoms with E-state index >= 15 is 0 Å². The molecular weight excluding hydrogens is 429 g/mol. The Morgan fingerprint density at radius 3 is 2.32 bits per heavy atom. The van der Waals surface area contributed by atoms with Crippen LogP contribution in [0, 0.1) is 20.8 Å². The van der Waals surface area contributed by atoms with Crippen molar-refractivity contribution in [3.8, 4) is 0 Å². The van der Waals surface area contributed by atoms with Crippen molar-refractivity contribution in [3.05, 3.63) is 98.3 Å². The number of halogens is 2. The molecule has 4 nitrogen and oxygen atoms in total. The highest BCUT2D eigenvalue weighted by molar-refractivity contribution is 6.39. The van der Waals surface area contributed by atoms with Crippen molar-refractivity contribution >= 4 is 40.1 Å². The molecule has 0 radical (unpaired) electrons. The average Bonchev–Trinajstić information content (AvgIpc) is 3.10. The van der Waals surface area contributed by atoms with E-state index in [0.717, 1.165) is 28.0 Å². The fraction of sp³-hybridized carbons (Fsp3) is 0.200. The summed E-state index contributed by atoms with van der Waals surface area (Å²) in [7, 11) is 0. The SMILES string of the molecule is Cc1cc(Cl)c(C(=O)NCC(c2ccccc2)c2nc3cc(C)c(C)cc3[nH]2)c(Cl)c1. The number of aromatic nitrogens is 2. The summed E-state index contributed by atoms with van der Waals surface area (Å²) in [6.45, 7) is 6.39. The van der Waals surface area contributed by atoms with Gasteiger partial charge in [0.1, 0.15) is 5.82 Å². The van der Waals surface area contributed by atoms with Crippen molar-refractivity contribution in [2.45, 2.75) is 26.7 Å². The zero-order valence-electron chi connectivity index (χ0n) is 17.6. The van der Waals surface area contributed by atoms with E-state index in [-0.39, 0.29) is 17.4 Å². The number of carbonyl (C=O) groups is 1. The molecule has 0 saturated carbocycles. The molecule has 0 aliphatic rings. The number of hydrogen-bond donors (Lipinski definition) is 2. The van der Waals surface area contributed by atoms with Crippen LogP contribution >= 0.6 is 23.2 Å². The van der Waals surface area contributed by atoms with E-state index in [1.54, 1.807) is 12.1 Å². The van der Waals surface area contributed by atoms with Crippen LogP contribution in [-0.2, 0) is 0 Å². The normalized spacial score (nSPS) is 12.2. The van der Waals surface area contributed by atoms with Gasteiger partial charge in [0.05, 0.1) is 32.6 Å². The zero-order chi connectivity index (χ0) is 22.1. The predicted molar refractivity (Wildman–Crippen MR) is 127 cm³/mol. The molecule has 4 rings (SSSR count). The van der Waals surface area contributed by atoms with Gasteiger partial charge in [-0.05, 0) is 67.3 Å². The Morgan fingerprint density at radius 1 is 1.00 bits per heavy atom. The molecule has 1 aromatic heterocycles. The maximum atomic E-state index is 12.9. The highest BCUT2D eigenvalue weighted by atomic mass is 35.5. The van der Waals surface area contributed by atoms with Crippen molar-refractivity contribution in [3.63, 3.8) is 0 Å². The van der Waals surface area contributed by atoms with Gasteiger partial charge >= 0.3 is 0 Å². The Morgan fingerprint density at radius 2 is 1.65 bits per heavy atom. The summed E-state index contributed by atoms with van der Waals surface area (Å²) in [4.78, 5) is 21.2. The quantitative estimate of drug-likeness (QED) is 0.370. The van der Waals surface area contributed by atoms with Gasteiger partial charge in [0.15, 0.2) is 0 Å². The molecule has 3 aromatic carbocycles. The van der Waals surface area contributed by atoms with Crippen LogP contribution in [0.1, 0.15) is 44.4 Å². The van der Waals surface area contributed by atoms with Crippen molar-refractivity contribution in [2.24, 2.45) is 0 Å². The highest BCUT2D eigenvalue weighted by Crippen LogP contribution is 2.28. The summed E-state index contributed by atoms with van der Waals surface area (Å²) in [5.74, 6) is 0.340. The molecule has 1 unspecified atom stereocenters. The first kappa shape index (κ1) is 21.4. The summed E-state index contributed by atoms with van der Waals surface area (Å²) in [6.07, 6.45) is 0. The number of imidazole rings is 1. The van der Waals surface area contributed by atoms with Crippen LogP contribution in [0.3, 0.4) is 0 Å². The molecule has 2 N–H and O–H groups in total. The van der Waals surface area contributed by atoms with E-state index < -0.39 is 0 Å². The Kier molecular flexibility index (Phi) is 6.03. The maximum Gasteiger partial charge on any atom is 0.254 e. The molecule has 0 aliphatic carbocycles. The highest BCUT2D eigenvalue weighted by Gasteiger charge is 2.22. The van der Waals surface area contributed by atoms with Crippen molar-refractivity contribution < 1.29 is 4.79 Å². The van der Waals surface area contributed by atoms with Crippen molar-refractivity contribution in [1.82, 2.24) is 15.3 Å². The van der Waals surface area contributed by atoms with Crippen LogP contribution in [0.5, 0.6) is 0 Å². The summed E-state index contributed by atoms with van der Waals surface area (Å²) in [5.41, 5.74) is 6.54. The monoisotopic (exact) mass is 451 g/mol. The Hall–Kier alpha value is -2.82. The number of aryl methyl sites for hydroxylation is 3. The maximum absolute atomic E-state index is 12.9. The molecule has 31 heavy (non-hydrogen) atoms. The number of hydrogen-bond acceptors (Lipinski definition) is 2. The smallest absolute Gasteiger partial charge is 0.254 e. The first-order valence-electron chi connectivity index (χ1n) is 10.1. The van der Waals surface area contributed by atoms with Crippen LogP contribution < -0.4 is 5.32 Å². The molecule has 1 amide bonds. The summed E-state index contributed by atoms with van der Waals surface area (Å²) < 4.78 is 0. The van der Waals surface area contributed by atoms with Gasteiger partial charge in [-0.1, -0.05) is 53.5 Å². The number of H-pyrrole nitrogens is 1. The fourth-order valence-corrected chi connectivity index (χ4v) is 4.48. The Bertz CT molecular complexity index is 1200. The molecule has 1 atom stereocenters. The number of amides is 1. The summed E-state index contributed by atoms with van der Waals surface area (Å²) in [5, 5.41) is 3.68. The second-order valence-electron chi connectivity index (χ2n) is 7.85. The fourth-order valence-electron chi connectivity index (χ4n) is 3.71. The lowest BCUT2D eigenvalue weighted by atomic mass is 9.98. The number of carbonyl (C=O) groups excluding carboxylic acids is 1. The Labute approximate surface area is 191 Å². The van der Waals surface area contributed by atoms with Gasteiger partial charge in [-0.2, -0.15) is 0 Å². The van der Waals surface area contributed by atoms with Crippen molar-refractivity contribution in [2.75, 3.05) is 6.54 Å². The molecule has 1 heterocycles. The molecule has 158 valence electrons. The van der Waals surface area contributed by atoms with Gasteiger partial charge < -0.3 is 10.3 Å². The van der Waals surface area contributed by atoms with Gasteiger partial charge in [-0.25, -0.2) is 4.98 Å². The van der Waals surface area contributed by atoms with Gasteiger partial charge in [-0.15, -0.1) is 0 Å². The Balaban J connectivity index is 1.67. The lowest BCUT2D eigenvalue weighted by Crippen LogP contribution is -2.29. The van der Waals surface area contributed by atoms with E-state index in [1.165, 1.54) is 11.1 Å². The van der Waals surface area contributed by atoms with Gasteiger partial charge in [0.2, 0.25) is 0 Å². The standard InChI is InChI=1S/C25H23Cl2N3O/c1-14-9-19(26)23(20(27)10-14)25(31)28-13-18(17-7-5-4-6-8-17)24-29-21-11-15(2)16(3)12-22(21)30-24/h4-12,18H,13H2,1-3H3,(H,28,31)(H,29,30). The van der Waals surface area contributed by atoms with Gasteiger partial charge in [0, 0.05) is 6.54 Å². The van der Waals surface area contributed by atoms with Crippen LogP contribution in [-0.4, -0.2) is 22.4 Å². The number of fused-ring (bicyclic) bond motifs is 1. The predicted octanol–water partition coefficient (Wildman–Crippen LogP) is 6.36. The molecule has 0 aliphatic heterocycles. The average molecular weight is 452 g/mol. The molecule has 0 fully saturated rings. The lowest BCUT2D eigenvalue weighted by molar-refractivity contribution is 0.0952. The minimum absolute atomic E-state index is 0.152. The van der Waals surface area contributed by atoms with E-state index in [4.69, 9.17) is 28.2 Å². The second-order valence-corrected chi connectivity index (χ2v) is 8.67. The van der Waals surface area contributed by atoms with Crippen LogP contribution in [0.15, 0.2) is 54.6 Å². The number of aromatic amines is 1. The number of benzene rings is 3. The van der Waals surface area contributed by atoms with Crippen molar-refractivity contribution in [1.29, 1.82) is 0 Å². The number of rotatable bonds is 5. The third kappa shape index (κ3) is 4.46. The molecule has 4 aromatic rings. The molecule has 6 heteroatoms. The van der Waals surface area contributed by atoms with E-state index in [0.29, 0.717) is 16.6 Å². The summed E-state index contributed by atoms with van der Waals surface area (Å²) >= 11 is 12.6.